The molecule has 0 unspecified atom stereocenters. The Labute approximate surface area is 273 Å². The molecular formula is C34H26Cl3FN2O5. The molecule has 7 nitrogen and oxygen atoms in total. The predicted octanol–water partition coefficient (Wildman–Crippen LogP) is 7.24. The van der Waals surface area contributed by atoms with Gasteiger partial charge in [0.25, 0.3) is 0 Å². The highest BCUT2D eigenvalue weighted by Gasteiger charge is 2.68. The zero-order chi connectivity index (χ0) is 32.1. The molecule has 0 radical (unpaired) electrons. The number of carbonyl (C=O) groups excluding carboxylic acids is 4. The van der Waals surface area contributed by atoms with Gasteiger partial charge in [0, 0.05) is 21.5 Å². The van der Waals surface area contributed by atoms with Crippen LogP contribution in [0.5, 0.6) is 5.75 Å². The predicted molar refractivity (Wildman–Crippen MR) is 168 cm³/mol. The fourth-order valence-corrected chi connectivity index (χ4v) is 8.49. The van der Waals surface area contributed by atoms with Crippen LogP contribution >= 0.6 is 34.8 Å². The van der Waals surface area contributed by atoms with Gasteiger partial charge in [-0.15, -0.1) is 0 Å². The molecular weight excluding hydrogens is 642 g/mol. The van der Waals surface area contributed by atoms with E-state index in [2.05, 4.69) is 0 Å². The van der Waals surface area contributed by atoms with Crippen LogP contribution in [-0.4, -0.2) is 28.7 Å². The first kappa shape index (κ1) is 30.0. The minimum atomic E-state index is -1.41. The van der Waals surface area contributed by atoms with Gasteiger partial charge in [0.2, 0.25) is 23.6 Å². The highest BCUT2D eigenvalue weighted by Crippen LogP contribution is 2.64. The van der Waals surface area contributed by atoms with Crippen molar-refractivity contribution in [2.24, 2.45) is 29.1 Å². The number of imide groups is 2. The summed E-state index contributed by atoms with van der Waals surface area (Å²) in [6, 6.07) is 13.2. The van der Waals surface area contributed by atoms with Crippen LogP contribution in [0.15, 0.2) is 66.2 Å². The number of aryl methyl sites for hydroxylation is 1. The van der Waals surface area contributed by atoms with Gasteiger partial charge in [0.05, 0.1) is 39.6 Å². The Morgan fingerprint density at radius 1 is 0.844 bits per heavy atom. The fraction of sp³-hybridized carbons (Fsp3) is 0.294. The summed E-state index contributed by atoms with van der Waals surface area (Å²) in [7, 11) is 0. The molecule has 3 aromatic carbocycles. The van der Waals surface area contributed by atoms with Gasteiger partial charge >= 0.3 is 0 Å². The van der Waals surface area contributed by atoms with Crippen molar-refractivity contribution in [2.45, 2.75) is 32.6 Å². The number of fused-ring (bicyclic) bond motifs is 4. The van der Waals surface area contributed by atoms with E-state index in [1.165, 1.54) is 29.2 Å². The van der Waals surface area contributed by atoms with Crippen LogP contribution in [0.3, 0.4) is 0 Å². The van der Waals surface area contributed by atoms with E-state index < -0.39 is 58.5 Å². The zero-order valence-electron chi connectivity index (χ0n) is 24.1. The molecule has 0 spiro atoms. The van der Waals surface area contributed by atoms with Crippen LogP contribution in [0.2, 0.25) is 15.1 Å². The van der Waals surface area contributed by atoms with E-state index in [9.17, 15) is 28.7 Å². The molecule has 2 saturated heterocycles. The summed E-state index contributed by atoms with van der Waals surface area (Å²) in [6.07, 6.45) is 2.22. The number of aromatic hydroxyl groups is 1. The molecule has 3 fully saturated rings. The first-order valence-corrected chi connectivity index (χ1v) is 15.6. The number of amides is 4. The van der Waals surface area contributed by atoms with Crippen molar-refractivity contribution in [1.29, 1.82) is 0 Å². The third-order valence-corrected chi connectivity index (χ3v) is 11.1. The van der Waals surface area contributed by atoms with Crippen LogP contribution in [-0.2, 0) is 19.2 Å². The molecule has 2 heterocycles. The van der Waals surface area contributed by atoms with Crippen LogP contribution in [0.4, 0.5) is 15.8 Å². The minimum Gasteiger partial charge on any atom is -0.508 e. The average molecular weight is 668 g/mol. The van der Waals surface area contributed by atoms with E-state index in [0.29, 0.717) is 26.9 Å². The third-order valence-electron chi connectivity index (χ3n) is 10.2. The highest BCUT2D eigenvalue weighted by atomic mass is 35.5. The Bertz CT molecular complexity index is 1900. The van der Waals surface area contributed by atoms with Crippen molar-refractivity contribution in [1.82, 2.24) is 0 Å². The molecule has 0 bridgehead atoms. The van der Waals surface area contributed by atoms with Crippen molar-refractivity contribution in [3.8, 4) is 5.75 Å². The van der Waals surface area contributed by atoms with Gasteiger partial charge < -0.3 is 5.11 Å². The van der Waals surface area contributed by atoms with E-state index in [0.717, 1.165) is 16.5 Å². The standard InChI is InChI=1S/C34H26Cl3FN2O5/c1-15-3-5-17(12-24(15)36)39-30(42)20-8-7-19-21(28(20)32(39)44)14-23-31(43)40(18-6-9-26(38)25(37)13-18)33(45)34(23,2)29(19)22-11-16(35)4-10-27(22)41/h3-7,9-13,20-21,23,28-29,41H,8,14H2,1-2H3/t20-,21+,23-,28-,29+,34+/m0/s1. The molecule has 1 saturated carbocycles. The molecule has 1 N–H and O–H groups in total. The van der Waals surface area contributed by atoms with Gasteiger partial charge in [-0.1, -0.05) is 52.5 Å². The fourth-order valence-electron chi connectivity index (χ4n) is 7.96. The summed E-state index contributed by atoms with van der Waals surface area (Å²) in [5, 5.41) is 11.6. The maximum absolute atomic E-state index is 14.4. The summed E-state index contributed by atoms with van der Waals surface area (Å²) in [5.41, 5.74) is 0.901. The molecule has 11 heteroatoms. The van der Waals surface area contributed by atoms with Gasteiger partial charge in [0.15, 0.2) is 0 Å². The molecule has 2 aliphatic carbocycles. The summed E-state index contributed by atoms with van der Waals surface area (Å²) >= 11 is 18.8. The van der Waals surface area contributed by atoms with E-state index in [-0.39, 0.29) is 35.2 Å². The van der Waals surface area contributed by atoms with Gasteiger partial charge in [-0.3, -0.25) is 19.2 Å². The lowest BCUT2D eigenvalue weighted by Crippen LogP contribution is -2.48. The Kier molecular flexibility index (Phi) is 6.93. The second kappa shape index (κ2) is 10.4. The number of phenols is 1. The molecule has 7 rings (SSSR count). The summed E-state index contributed by atoms with van der Waals surface area (Å²) in [5.74, 6) is -6.53. The Morgan fingerprint density at radius 2 is 1.53 bits per heavy atom. The van der Waals surface area contributed by atoms with Crippen LogP contribution < -0.4 is 9.80 Å². The number of phenolic OH excluding ortho intramolecular Hbond substituents is 1. The number of nitrogens with zero attached hydrogens (tertiary/aromatic N) is 2. The number of rotatable bonds is 3. The topological polar surface area (TPSA) is 95.0 Å². The van der Waals surface area contributed by atoms with Gasteiger partial charge in [-0.2, -0.15) is 0 Å². The van der Waals surface area contributed by atoms with Crippen molar-refractivity contribution in [3.05, 3.63) is 98.3 Å². The number of hydrogen-bond donors (Lipinski definition) is 1. The Balaban J connectivity index is 1.38. The Morgan fingerprint density at radius 3 is 2.24 bits per heavy atom. The summed E-state index contributed by atoms with van der Waals surface area (Å²) in [6.45, 7) is 3.50. The molecule has 0 aromatic heterocycles. The molecule has 45 heavy (non-hydrogen) atoms. The molecule has 4 aliphatic rings. The van der Waals surface area contributed by atoms with Gasteiger partial charge in [0.1, 0.15) is 11.6 Å². The first-order chi connectivity index (χ1) is 21.3. The average Bonchev–Trinajstić information content (AvgIpc) is 3.37. The minimum absolute atomic E-state index is 0.110. The van der Waals surface area contributed by atoms with Gasteiger partial charge in [-0.25, -0.2) is 14.2 Å². The van der Waals surface area contributed by atoms with Crippen molar-refractivity contribution < 1.29 is 28.7 Å². The SMILES string of the molecule is Cc1ccc(N2C(=O)[C@H]3[C@H](CC=C4[C@H]3C[C@H]3C(=O)N(c5ccc(F)c(Cl)c5)C(=O)[C@@]3(C)[C@H]4c3cc(Cl)ccc3O)C2=O)cc1Cl. The number of benzene rings is 3. The second-order valence-electron chi connectivity index (χ2n) is 12.4. The lowest BCUT2D eigenvalue weighted by atomic mass is 9.51. The first-order valence-electron chi connectivity index (χ1n) is 14.5. The van der Waals surface area contributed by atoms with Crippen LogP contribution in [0.1, 0.15) is 36.8 Å². The van der Waals surface area contributed by atoms with Crippen LogP contribution in [0.25, 0.3) is 0 Å². The van der Waals surface area contributed by atoms with Crippen molar-refractivity contribution in [2.75, 3.05) is 9.80 Å². The van der Waals surface area contributed by atoms with Crippen molar-refractivity contribution in [3.63, 3.8) is 0 Å². The molecule has 4 amide bonds. The maximum Gasteiger partial charge on any atom is 0.241 e. The van der Waals surface area contributed by atoms with Crippen LogP contribution in [0, 0.1) is 41.8 Å². The summed E-state index contributed by atoms with van der Waals surface area (Å²) < 4.78 is 14.1. The number of allylic oxidation sites excluding steroid dienone is 2. The van der Waals surface area contributed by atoms with E-state index >= 15 is 0 Å². The normalized spacial score (nSPS) is 29.1. The molecule has 230 valence electrons. The van der Waals surface area contributed by atoms with E-state index in [4.69, 9.17) is 34.8 Å². The third kappa shape index (κ3) is 4.22. The molecule has 2 aliphatic heterocycles. The summed E-state index contributed by atoms with van der Waals surface area (Å²) in [4.78, 5) is 58.8. The monoisotopic (exact) mass is 666 g/mol. The lowest BCUT2D eigenvalue weighted by Gasteiger charge is -2.49. The second-order valence-corrected chi connectivity index (χ2v) is 13.7. The van der Waals surface area contributed by atoms with Gasteiger partial charge in [-0.05, 0) is 86.7 Å². The molecule has 6 atom stereocenters. The molecule has 3 aromatic rings. The number of halogens is 4. The highest BCUT2D eigenvalue weighted by molar-refractivity contribution is 6.33. The van der Waals surface area contributed by atoms with E-state index in [1.807, 2.05) is 13.0 Å². The number of hydrogen-bond acceptors (Lipinski definition) is 5. The zero-order valence-corrected chi connectivity index (χ0v) is 26.3. The van der Waals surface area contributed by atoms with E-state index in [1.54, 1.807) is 31.2 Å². The quantitative estimate of drug-likeness (QED) is 0.235. The number of carbonyl (C=O) groups is 4. The van der Waals surface area contributed by atoms with Crippen molar-refractivity contribution >= 4 is 69.8 Å². The maximum atomic E-state index is 14.4. The lowest BCUT2D eigenvalue weighted by molar-refractivity contribution is -0.131. The number of anilines is 2. The smallest absolute Gasteiger partial charge is 0.241 e. The largest absolute Gasteiger partial charge is 0.508 e. The Hall–Kier alpha value is -3.72.